The second kappa shape index (κ2) is 7.42. The molecule has 116 valence electrons. The van der Waals surface area contributed by atoms with Crippen molar-refractivity contribution in [2.24, 2.45) is 5.92 Å². The van der Waals surface area contributed by atoms with Crippen molar-refractivity contribution in [2.45, 2.75) is 38.1 Å². The van der Waals surface area contributed by atoms with Crippen LogP contribution in [0.25, 0.3) is 0 Å². The maximum absolute atomic E-state index is 8.82. The maximum Gasteiger partial charge on any atom is 0.128 e. The van der Waals surface area contributed by atoms with E-state index in [1.165, 1.54) is 32.1 Å². The minimum absolute atomic E-state index is 0.627. The molecule has 0 bridgehead atoms. The summed E-state index contributed by atoms with van der Waals surface area (Å²) >= 11 is 0. The van der Waals surface area contributed by atoms with Gasteiger partial charge in [0.2, 0.25) is 0 Å². The molecule has 0 amide bonds. The molecule has 0 radical (unpaired) electrons. The summed E-state index contributed by atoms with van der Waals surface area (Å²) in [6.45, 7) is 3.24. The van der Waals surface area contributed by atoms with E-state index in [2.05, 4.69) is 33.4 Å². The van der Waals surface area contributed by atoms with E-state index in [0.717, 1.165) is 31.4 Å². The first-order chi connectivity index (χ1) is 10.8. The molecule has 1 aromatic rings. The first-order valence-corrected chi connectivity index (χ1v) is 8.34. The lowest BCUT2D eigenvalue weighted by molar-refractivity contribution is 0.361. The van der Waals surface area contributed by atoms with Gasteiger partial charge in [0.05, 0.1) is 5.56 Å². The van der Waals surface area contributed by atoms with Crippen LogP contribution in [0.15, 0.2) is 30.5 Å². The lowest BCUT2D eigenvalue weighted by atomic mass is 9.93. The quantitative estimate of drug-likeness (QED) is 0.868. The van der Waals surface area contributed by atoms with Gasteiger partial charge < -0.3 is 10.2 Å². The lowest BCUT2D eigenvalue weighted by Gasteiger charge is -2.34. The van der Waals surface area contributed by atoms with Crippen LogP contribution in [-0.2, 0) is 0 Å². The Bertz CT molecular complexity index is 535. The Morgan fingerprint density at radius 3 is 2.73 bits per heavy atom. The number of hydrogen-bond acceptors (Lipinski definition) is 4. The first kappa shape index (κ1) is 15.1. The number of nitrogens with zero attached hydrogens (tertiary/aromatic N) is 3. The Balaban J connectivity index is 1.43. The van der Waals surface area contributed by atoms with E-state index in [1.54, 1.807) is 6.20 Å². The van der Waals surface area contributed by atoms with Gasteiger partial charge in [-0.05, 0) is 56.7 Å². The number of nitriles is 1. The zero-order valence-corrected chi connectivity index (χ0v) is 13.0. The molecule has 4 heteroatoms. The van der Waals surface area contributed by atoms with Crippen LogP contribution in [0.3, 0.4) is 0 Å². The molecule has 1 N–H and O–H groups in total. The van der Waals surface area contributed by atoms with Crippen LogP contribution < -0.4 is 10.2 Å². The monoisotopic (exact) mass is 296 g/mol. The fraction of sp³-hybridized carbons (Fsp3) is 0.556. The van der Waals surface area contributed by atoms with Gasteiger partial charge in [-0.2, -0.15) is 5.26 Å². The molecule has 1 aromatic heterocycles. The SMILES string of the molecule is N#Cc1ccc(N2CCC(NC[C@H]3CC=CCC3)CC2)nc1. The van der Waals surface area contributed by atoms with E-state index >= 15 is 0 Å². The maximum atomic E-state index is 8.82. The highest BCUT2D eigenvalue weighted by atomic mass is 15.2. The second-order valence-corrected chi connectivity index (χ2v) is 6.34. The van der Waals surface area contributed by atoms with Crippen LogP contribution >= 0.6 is 0 Å². The van der Waals surface area contributed by atoms with Gasteiger partial charge in [-0.3, -0.25) is 0 Å². The van der Waals surface area contributed by atoms with E-state index in [9.17, 15) is 0 Å². The van der Waals surface area contributed by atoms with Gasteiger partial charge in [0, 0.05) is 25.3 Å². The molecule has 4 nitrogen and oxygen atoms in total. The summed E-state index contributed by atoms with van der Waals surface area (Å²) in [5, 5.41) is 12.6. The normalized spacial score (nSPS) is 22.5. The summed E-state index contributed by atoms with van der Waals surface area (Å²) in [7, 11) is 0. The topological polar surface area (TPSA) is 52.0 Å². The highest BCUT2D eigenvalue weighted by Gasteiger charge is 2.20. The molecule has 1 fully saturated rings. The zero-order valence-electron chi connectivity index (χ0n) is 13.0. The van der Waals surface area contributed by atoms with Gasteiger partial charge in [0.25, 0.3) is 0 Å². The highest BCUT2D eigenvalue weighted by Crippen LogP contribution is 2.20. The highest BCUT2D eigenvalue weighted by molar-refractivity contribution is 5.42. The number of allylic oxidation sites excluding steroid dienone is 2. The Labute approximate surface area is 132 Å². The second-order valence-electron chi connectivity index (χ2n) is 6.34. The van der Waals surface area contributed by atoms with Gasteiger partial charge in [-0.1, -0.05) is 12.2 Å². The van der Waals surface area contributed by atoms with Crippen molar-refractivity contribution in [1.29, 1.82) is 5.26 Å². The van der Waals surface area contributed by atoms with E-state index in [0.29, 0.717) is 11.6 Å². The van der Waals surface area contributed by atoms with Crippen molar-refractivity contribution in [3.8, 4) is 6.07 Å². The number of nitrogens with one attached hydrogen (secondary N) is 1. The van der Waals surface area contributed by atoms with Gasteiger partial charge in [0.1, 0.15) is 11.9 Å². The Morgan fingerprint density at radius 2 is 2.09 bits per heavy atom. The van der Waals surface area contributed by atoms with Crippen molar-refractivity contribution < 1.29 is 0 Å². The van der Waals surface area contributed by atoms with Crippen molar-refractivity contribution in [2.75, 3.05) is 24.5 Å². The number of rotatable bonds is 4. The van der Waals surface area contributed by atoms with Gasteiger partial charge >= 0.3 is 0 Å². The van der Waals surface area contributed by atoms with Crippen molar-refractivity contribution in [3.63, 3.8) is 0 Å². The molecule has 1 atom stereocenters. The standard InChI is InChI=1S/C18H24N4/c19-12-16-6-7-18(21-14-16)22-10-8-17(9-11-22)20-13-15-4-2-1-3-5-15/h1-2,6-7,14-15,17,20H,3-5,8-11,13H2/t15-/m0/s1. The minimum atomic E-state index is 0.627. The molecule has 0 aromatic carbocycles. The molecule has 2 heterocycles. The smallest absolute Gasteiger partial charge is 0.128 e. The van der Waals surface area contributed by atoms with Crippen LogP contribution in [0.1, 0.15) is 37.7 Å². The molecular formula is C18H24N4. The Kier molecular flexibility index (Phi) is 5.07. The van der Waals surface area contributed by atoms with Gasteiger partial charge in [-0.25, -0.2) is 4.98 Å². The molecule has 2 aliphatic rings. The van der Waals surface area contributed by atoms with Crippen LogP contribution in [0.2, 0.25) is 0 Å². The van der Waals surface area contributed by atoms with E-state index < -0.39 is 0 Å². The zero-order chi connectivity index (χ0) is 15.2. The molecule has 22 heavy (non-hydrogen) atoms. The molecule has 0 unspecified atom stereocenters. The number of piperidine rings is 1. The Morgan fingerprint density at radius 1 is 1.23 bits per heavy atom. The number of pyridine rings is 1. The predicted molar refractivity (Wildman–Crippen MR) is 88.7 cm³/mol. The summed E-state index contributed by atoms with van der Waals surface area (Å²) in [6.07, 6.45) is 12.5. The third-order valence-electron chi connectivity index (χ3n) is 4.77. The van der Waals surface area contributed by atoms with E-state index in [-0.39, 0.29) is 0 Å². The number of hydrogen-bond donors (Lipinski definition) is 1. The van der Waals surface area contributed by atoms with Crippen molar-refractivity contribution in [3.05, 3.63) is 36.0 Å². The first-order valence-electron chi connectivity index (χ1n) is 8.34. The fourth-order valence-corrected chi connectivity index (χ4v) is 3.33. The number of anilines is 1. The van der Waals surface area contributed by atoms with Gasteiger partial charge in [-0.15, -0.1) is 0 Å². The molecule has 1 aliphatic heterocycles. The van der Waals surface area contributed by atoms with E-state index in [4.69, 9.17) is 5.26 Å². The van der Waals surface area contributed by atoms with Crippen LogP contribution in [0.4, 0.5) is 5.82 Å². The summed E-state index contributed by atoms with van der Waals surface area (Å²) in [4.78, 5) is 6.72. The van der Waals surface area contributed by atoms with Crippen LogP contribution in [0.5, 0.6) is 0 Å². The Hall–Kier alpha value is -1.86. The average Bonchev–Trinajstić information content (AvgIpc) is 2.61. The van der Waals surface area contributed by atoms with Gasteiger partial charge in [0.15, 0.2) is 0 Å². The average molecular weight is 296 g/mol. The van der Waals surface area contributed by atoms with E-state index in [1.807, 2.05) is 12.1 Å². The molecule has 1 saturated heterocycles. The summed E-state index contributed by atoms with van der Waals surface area (Å²) in [5.74, 6) is 1.82. The predicted octanol–water partition coefficient (Wildman–Crippen LogP) is 2.87. The molecule has 1 aliphatic carbocycles. The molecule has 3 rings (SSSR count). The largest absolute Gasteiger partial charge is 0.357 e. The minimum Gasteiger partial charge on any atom is -0.357 e. The van der Waals surface area contributed by atoms with Crippen LogP contribution in [-0.4, -0.2) is 30.7 Å². The summed E-state index contributed by atoms with van der Waals surface area (Å²) in [5.41, 5.74) is 0.627. The number of aromatic nitrogens is 1. The third-order valence-corrected chi connectivity index (χ3v) is 4.77. The van der Waals surface area contributed by atoms with Crippen molar-refractivity contribution >= 4 is 5.82 Å². The third kappa shape index (κ3) is 3.86. The van der Waals surface area contributed by atoms with Crippen LogP contribution in [0, 0.1) is 17.2 Å². The molecule has 0 spiro atoms. The lowest BCUT2D eigenvalue weighted by Crippen LogP contribution is -2.44. The summed E-state index contributed by atoms with van der Waals surface area (Å²) in [6, 6.07) is 6.57. The summed E-state index contributed by atoms with van der Waals surface area (Å²) < 4.78 is 0. The molecular weight excluding hydrogens is 272 g/mol. The fourth-order valence-electron chi connectivity index (χ4n) is 3.33. The van der Waals surface area contributed by atoms with Crippen molar-refractivity contribution in [1.82, 2.24) is 10.3 Å². The molecule has 0 saturated carbocycles.